The molecule has 0 radical (unpaired) electrons. The Hall–Kier alpha value is -2.45. The van der Waals surface area contributed by atoms with Gasteiger partial charge < -0.3 is 10.1 Å². The number of benzene rings is 2. The van der Waals surface area contributed by atoms with Crippen LogP contribution in [0, 0.1) is 5.82 Å². The fraction of sp³-hybridized carbons (Fsp3) is 0.316. The van der Waals surface area contributed by atoms with Crippen molar-refractivity contribution in [3.05, 3.63) is 66.0 Å². The third kappa shape index (κ3) is 7.76. The van der Waals surface area contributed by atoms with Gasteiger partial charge in [-0.25, -0.2) is 17.1 Å². The fourth-order valence-electron chi connectivity index (χ4n) is 2.38. The molecule has 0 aliphatic heterocycles. The van der Waals surface area contributed by atoms with Crippen molar-refractivity contribution in [2.24, 2.45) is 0 Å². The van der Waals surface area contributed by atoms with Gasteiger partial charge in [-0.2, -0.15) is 0 Å². The number of nitrogens with one attached hydrogen (secondary N) is 1. The Labute approximate surface area is 159 Å². The third-order valence-electron chi connectivity index (χ3n) is 3.83. The molecule has 0 bridgehead atoms. The lowest BCUT2D eigenvalue weighted by Gasteiger charge is -2.20. The second-order valence-electron chi connectivity index (χ2n) is 5.99. The van der Waals surface area contributed by atoms with E-state index in [1.165, 1.54) is 16.4 Å². The minimum Gasteiger partial charge on any atom is -0.484 e. The van der Waals surface area contributed by atoms with Crippen molar-refractivity contribution in [1.82, 2.24) is 9.62 Å². The molecule has 146 valence electrons. The van der Waals surface area contributed by atoms with E-state index >= 15 is 0 Å². The van der Waals surface area contributed by atoms with Crippen LogP contribution >= 0.6 is 0 Å². The zero-order chi connectivity index (χ0) is 19.7. The summed E-state index contributed by atoms with van der Waals surface area (Å²) in [4.78, 5) is 11.8. The van der Waals surface area contributed by atoms with Gasteiger partial charge in [-0.1, -0.05) is 30.3 Å². The molecule has 1 amide bonds. The largest absolute Gasteiger partial charge is 0.484 e. The highest BCUT2D eigenvalue weighted by Crippen LogP contribution is 2.08. The zero-order valence-electron chi connectivity index (χ0n) is 15.1. The number of carbonyl (C=O) groups is 1. The van der Waals surface area contributed by atoms with E-state index in [9.17, 15) is 17.6 Å². The smallest absolute Gasteiger partial charge is 0.257 e. The van der Waals surface area contributed by atoms with Gasteiger partial charge in [0.15, 0.2) is 6.61 Å². The molecule has 0 unspecified atom stereocenters. The molecule has 0 heterocycles. The van der Waals surface area contributed by atoms with E-state index in [1.54, 1.807) is 36.4 Å². The van der Waals surface area contributed by atoms with Crippen LogP contribution in [0.4, 0.5) is 4.39 Å². The van der Waals surface area contributed by atoms with Gasteiger partial charge >= 0.3 is 0 Å². The average Bonchev–Trinajstić information content (AvgIpc) is 2.64. The Morgan fingerprint density at radius 2 is 1.74 bits per heavy atom. The first-order chi connectivity index (χ1) is 12.8. The predicted molar refractivity (Wildman–Crippen MR) is 101 cm³/mol. The van der Waals surface area contributed by atoms with Crippen LogP contribution in [-0.4, -0.2) is 51.1 Å². The number of sulfonamides is 1. The van der Waals surface area contributed by atoms with Gasteiger partial charge in [0.05, 0.1) is 6.26 Å². The van der Waals surface area contributed by atoms with Crippen LogP contribution in [0.25, 0.3) is 0 Å². The number of rotatable bonds is 10. The van der Waals surface area contributed by atoms with Gasteiger partial charge in [0.2, 0.25) is 10.0 Å². The van der Waals surface area contributed by atoms with Crippen LogP contribution in [-0.2, 0) is 21.2 Å². The Kier molecular flexibility index (Phi) is 7.75. The Bertz CT molecular complexity index is 827. The Balaban J connectivity index is 1.76. The average molecular weight is 394 g/mol. The van der Waals surface area contributed by atoms with Crippen molar-refractivity contribution in [2.45, 2.75) is 6.42 Å². The minimum atomic E-state index is -3.42. The molecule has 0 aromatic heterocycles. The first-order valence-electron chi connectivity index (χ1n) is 8.49. The van der Waals surface area contributed by atoms with Gasteiger partial charge in [-0.3, -0.25) is 4.79 Å². The summed E-state index contributed by atoms with van der Waals surface area (Å²) in [5, 5.41) is 2.64. The molecule has 0 saturated carbocycles. The van der Waals surface area contributed by atoms with Crippen molar-refractivity contribution < 1.29 is 22.3 Å². The molecule has 0 atom stereocenters. The normalized spacial score (nSPS) is 11.4. The number of nitrogens with zero attached hydrogens (tertiary/aromatic N) is 1. The number of para-hydroxylation sites is 1. The first-order valence-corrected chi connectivity index (χ1v) is 10.3. The first kappa shape index (κ1) is 20.9. The van der Waals surface area contributed by atoms with Crippen molar-refractivity contribution >= 4 is 15.9 Å². The molecular weight excluding hydrogens is 371 g/mol. The summed E-state index contributed by atoms with van der Waals surface area (Å²) in [6.07, 6.45) is 1.58. The van der Waals surface area contributed by atoms with Crippen LogP contribution in [0.5, 0.6) is 5.75 Å². The monoisotopic (exact) mass is 394 g/mol. The number of ether oxygens (including phenoxy) is 1. The van der Waals surface area contributed by atoms with Gasteiger partial charge in [0, 0.05) is 19.6 Å². The summed E-state index contributed by atoms with van der Waals surface area (Å²) >= 11 is 0. The van der Waals surface area contributed by atoms with E-state index < -0.39 is 10.0 Å². The number of carbonyl (C=O) groups excluding carboxylic acids is 1. The van der Waals surface area contributed by atoms with E-state index in [1.807, 2.05) is 6.07 Å². The van der Waals surface area contributed by atoms with Gasteiger partial charge in [-0.15, -0.1) is 0 Å². The summed E-state index contributed by atoms with van der Waals surface area (Å²) in [7, 11) is -3.42. The maximum absolute atomic E-state index is 12.9. The summed E-state index contributed by atoms with van der Waals surface area (Å²) in [5.74, 6) is -0.0743. The molecule has 2 aromatic rings. The zero-order valence-corrected chi connectivity index (χ0v) is 15.9. The molecule has 2 aromatic carbocycles. The summed E-state index contributed by atoms with van der Waals surface area (Å²) in [6, 6.07) is 14.9. The van der Waals surface area contributed by atoms with Crippen LogP contribution in [0.3, 0.4) is 0 Å². The highest BCUT2D eigenvalue weighted by Gasteiger charge is 2.16. The third-order valence-corrected chi connectivity index (χ3v) is 5.13. The van der Waals surface area contributed by atoms with Gasteiger partial charge in [0.25, 0.3) is 5.91 Å². The lowest BCUT2D eigenvalue weighted by Crippen LogP contribution is -2.40. The Morgan fingerprint density at radius 3 is 2.37 bits per heavy atom. The topological polar surface area (TPSA) is 75.7 Å². The molecule has 0 aliphatic rings. The van der Waals surface area contributed by atoms with Gasteiger partial charge in [-0.05, 0) is 36.2 Å². The van der Waals surface area contributed by atoms with Crippen LogP contribution in [0.15, 0.2) is 54.6 Å². The van der Waals surface area contributed by atoms with E-state index in [0.29, 0.717) is 12.2 Å². The highest BCUT2D eigenvalue weighted by molar-refractivity contribution is 7.88. The lowest BCUT2D eigenvalue weighted by molar-refractivity contribution is -0.123. The molecule has 0 spiro atoms. The maximum Gasteiger partial charge on any atom is 0.257 e. The molecule has 0 saturated heterocycles. The second kappa shape index (κ2) is 10.0. The van der Waals surface area contributed by atoms with Crippen LogP contribution in [0.1, 0.15) is 5.56 Å². The van der Waals surface area contributed by atoms with E-state index in [2.05, 4.69) is 5.32 Å². The number of amides is 1. The lowest BCUT2D eigenvalue weighted by atomic mass is 10.1. The minimum absolute atomic E-state index is 0.140. The summed E-state index contributed by atoms with van der Waals surface area (Å²) in [5.41, 5.74) is 0.838. The molecule has 1 N–H and O–H groups in total. The van der Waals surface area contributed by atoms with E-state index in [-0.39, 0.29) is 38.0 Å². The van der Waals surface area contributed by atoms with E-state index in [0.717, 1.165) is 11.8 Å². The van der Waals surface area contributed by atoms with Crippen LogP contribution in [0.2, 0.25) is 0 Å². The van der Waals surface area contributed by atoms with Crippen LogP contribution < -0.4 is 10.1 Å². The standard InChI is InChI=1S/C19H23FN2O4S/c1-27(24,25)22(13-11-16-7-9-17(20)10-8-16)14-12-21-19(23)15-26-18-5-3-2-4-6-18/h2-10H,11-15H2,1H3,(H,21,23). The van der Waals surface area contributed by atoms with Gasteiger partial charge in [0.1, 0.15) is 11.6 Å². The molecule has 27 heavy (non-hydrogen) atoms. The quantitative estimate of drug-likeness (QED) is 0.667. The molecule has 0 fully saturated rings. The van der Waals surface area contributed by atoms with Crippen molar-refractivity contribution in [3.63, 3.8) is 0 Å². The molecular formula is C19H23FN2O4S. The molecule has 0 aliphatic carbocycles. The molecule has 2 rings (SSSR count). The predicted octanol–water partition coefficient (Wildman–Crippen LogP) is 1.83. The molecule has 8 heteroatoms. The Morgan fingerprint density at radius 1 is 1.07 bits per heavy atom. The maximum atomic E-state index is 12.9. The summed E-state index contributed by atoms with van der Waals surface area (Å²) < 4.78 is 43.4. The highest BCUT2D eigenvalue weighted by atomic mass is 32.2. The second-order valence-corrected chi connectivity index (χ2v) is 7.97. The fourth-order valence-corrected chi connectivity index (χ4v) is 3.23. The van der Waals surface area contributed by atoms with Crippen molar-refractivity contribution in [3.8, 4) is 5.75 Å². The van der Waals surface area contributed by atoms with Crippen molar-refractivity contribution in [1.29, 1.82) is 0 Å². The number of hydrogen-bond donors (Lipinski definition) is 1. The number of hydrogen-bond acceptors (Lipinski definition) is 4. The number of halogens is 1. The molecule has 6 nitrogen and oxygen atoms in total. The van der Waals surface area contributed by atoms with E-state index in [4.69, 9.17) is 4.74 Å². The van der Waals surface area contributed by atoms with Crippen molar-refractivity contribution in [2.75, 3.05) is 32.5 Å². The SMILES string of the molecule is CS(=O)(=O)N(CCNC(=O)COc1ccccc1)CCc1ccc(F)cc1. The summed E-state index contributed by atoms with van der Waals surface area (Å²) in [6.45, 7) is 0.434.